The van der Waals surface area contributed by atoms with Gasteiger partial charge in [0.25, 0.3) is 0 Å². The van der Waals surface area contributed by atoms with Crippen LogP contribution in [0.3, 0.4) is 0 Å². The fourth-order valence-electron chi connectivity index (χ4n) is 2.76. The van der Waals surface area contributed by atoms with Crippen LogP contribution < -0.4 is 0 Å². The van der Waals surface area contributed by atoms with Crippen molar-refractivity contribution in [3.8, 4) is 28.5 Å². The number of aromatic nitrogens is 3. The van der Waals surface area contributed by atoms with E-state index in [9.17, 15) is 4.79 Å². The van der Waals surface area contributed by atoms with Gasteiger partial charge in [-0.1, -0.05) is 24.3 Å². The largest absolute Gasteiger partial charge is 0.478 e. The average molecular weight is 340 g/mol. The Morgan fingerprint density at radius 3 is 2.23 bits per heavy atom. The Bertz CT molecular complexity index is 1150. The molecule has 0 amide bonds. The van der Waals surface area contributed by atoms with E-state index in [1.54, 1.807) is 48.8 Å². The summed E-state index contributed by atoms with van der Waals surface area (Å²) in [4.78, 5) is 19.7. The predicted molar refractivity (Wildman–Crippen MR) is 95.5 cm³/mol. The fraction of sp³-hybridized carbons (Fsp3) is 0. The SMILES string of the molecule is N#Cc1ccc(-c2cnc3ncc(-c4ccc(C(=O)O)cc4)cn23)cc1. The Morgan fingerprint density at radius 2 is 1.58 bits per heavy atom. The first-order chi connectivity index (χ1) is 12.7. The first-order valence-electron chi connectivity index (χ1n) is 7.83. The van der Waals surface area contributed by atoms with E-state index in [2.05, 4.69) is 16.0 Å². The molecule has 0 spiro atoms. The smallest absolute Gasteiger partial charge is 0.335 e. The Kier molecular flexibility index (Phi) is 3.67. The molecule has 0 saturated heterocycles. The number of aromatic carboxylic acids is 1. The standard InChI is InChI=1S/C20H12N4O2/c21-9-13-1-3-15(4-2-13)18-11-23-20-22-10-17(12-24(18)20)14-5-7-16(8-6-14)19(25)26/h1-8,10-12H,(H,25,26). The van der Waals surface area contributed by atoms with Crippen molar-refractivity contribution in [3.63, 3.8) is 0 Å². The maximum atomic E-state index is 11.0. The lowest BCUT2D eigenvalue weighted by Crippen LogP contribution is -1.96. The lowest BCUT2D eigenvalue weighted by molar-refractivity contribution is 0.0697. The maximum Gasteiger partial charge on any atom is 0.335 e. The minimum atomic E-state index is -0.956. The van der Waals surface area contributed by atoms with Gasteiger partial charge in [0.1, 0.15) is 0 Å². The summed E-state index contributed by atoms with van der Waals surface area (Å²) in [6, 6.07) is 16.0. The minimum Gasteiger partial charge on any atom is -0.478 e. The third kappa shape index (κ3) is 2.68. The third-order valence-corrected chi connectivity index (χ3v) is 4.14. The molecule has 0 radical (unpaired) electrons. The highest BCUT2D eigenvalue weighted by Crippen LogP contribution is 2.24. The molecular weight excluding hydrogens is 328 g/mol. The molecule has 0 atom stereocenters. The normalized spacial score (nSPS) is 10.6. The number of benzene rings is 2. The summed E-state index contributed by atoms with van der Waals surface area (Å²) in [5.41, 5.74) is 4.34. The number of fused-ring (bicyclic) bond motifs is 1. The molecule has 0 fully saturated rings. The highest BCUT2D eigenvalue weighted by Gasteiger charge is 2.09. The van der Waals surface area contributed by atoms with E-state index in [4.69, 9.17) is 10.4 Å². The summed E-state index contributed by atoms with van der Waals surface area (Å²) >= 11 is 0. The van der Waals surface area contributed by atoms with E-state index in [1.165, 1.54) is 0 Å². The molecule has 4 rings (SSSR count). The molecule has 1 N–H and O–H groups in total. The van der Waals surface area contributed by atoms with E-state index < -0.39 is 5.97 Å². The van der Waals surface area contributed by atoms with Crippen molar-refractivity contribution in [3.05, 3.63) is 78.2 Å². The molecule has 124 valence electrons. The zero-order valence-electron chi connectivity index (χ0n) is 13.5. The van der Waals surface area contributed by atoms with Gasteiger partial charge in [0.2, 0.25) is 5.78 Å². The highest BCUT2D eigenvalue weighted by molar-refractivity contribution is 5.88. The molecule has 0 aliphatic heterocycles. The zero-order chi connectivity index (χ0) is 18.1. The number of hydrogen-bond acceptors (Lipinski definition) is 4. The van der Waals surface area contributed by atoms with Gasteiger partial charge in [0.15, 0.2) is 0 Å². The average Bonchev–Trinajstić information content (AvgIpc) is 3.11. The van der Waals surface area contributed by atoms with Crippen molar-refractivity contribution in [2.24, 2.45) is 0 Å². The molecule has 2 aromatic heterocycles. The van der Waals surface area contributed by atoms with Gasteiger partial charge < -0.3 is 5.11 Å². The third-order valence-electron chi connectivity index (χ3n) is 4.14. The topological polar surface area (TPSA) is 91.3 Å². The second kappa shape index (κ2) is 6.15. The van der Waals surface area contributed by atoms with Crippen LogP contribution in [0.25, 0.3) is 28.2 Å². The lowest BCUT2D eigenvalue weighted by Gasteiger charge is -2.06. The van der Waals surface area contributed by atoms with Gasteiger partial charge in [-0.15, -0.1) is 0 Å². The molecule has 0 saturated carbocycles. The van der Waals surface area contributed by atoms with Gasteiger partial charge in [0.05, 0.1) is 29.1 Å². The number of rotatable bonds is 3. The monoisotopic (exact) mass is 340 g/mol. The second-order valence-corrected chi connectivity index (χ2v) is 5.73. The first kappa shape index (κ1) is 15.5. The van der Waals surface area contributed by atoms with Crippen LogP contribution in [0.4, 0.5) is 0 Å². The van der Waals surface area contributed by atoms with Crippen molar-refractivity contribution in [1.82, 2.24) is 14.4 Å². The summed E-state index contributed by atoms with van der Waals surface area (Å²) in [5.74, 6) is -0.391. The Morgan fingerprint density at radius 1 is 0.923 bits per heavy atom. The Hall–Kier alpha value is -3.98. The summed E-state index contributed by atoms with van der Waals surface area (Å²) in [6.07, 6.45) is 5.36. The van der Waals surface area contributed by atoms with Gasteiger partial charge in [-0.25, -0.2) is 14.8 Å². The van der Waals surface area contributed by atoms with Crippen LogP contribution in [0, 0.1) is 11.3 Å². The minimum absolute atomic E-state index is 0.240. The highest BCUT2D eigenvalue weighted by atomic mass is 16.4. The van der Waals surface area contributed by atoms with Crippen molar-refractivity contribution >= 4 is 11.7 Å². The van der Waals surface area contributed by atoms with Crippen LogP contribution in [0.1, 0.15) is 15.9 Å². The predicted octanol–water partition coefficient (Wildman–Crippen LogP) is 3.63. The number of imidazole rings is 1. The zero-order valence-corrected chi connectivity index (χ0v) is 13.5. The number of nitrogens with zero attached hydrogens (tertiary/aromatic N) is 4. The summed E-state index contributed by atoms with van der Waals surface area (Å²) in [5, 5.41) is 17.9. The van der Waals surface area contributed by atoms with Gasteiger partial charge in [-0.05, 0) is 29.8 Å². The molecule has 2 aromatic carbocycles. The molecular formula is C20H12N4O2. The van der Waals surface area contributed by atoms with E-state index in [0.717, 1.165) is 22.4 Å². The van der Waals surface area contributed by atoms with Crippen molar-refractivity contribution in [1.29, 1.82) is 5.26 Å². The number of nitriles is 1. The maximum absolute atomic E-state index is 11.0. The van der Waals surface area contributed by atoms with Gasteiger partial charge in [-0.2, -0.15) is 5.26 Å². The Balaban J connectivity index is 1.79. The Labute approximate surface area is 148 Å². The van der Waals surface area contributed by atoms with E-state index in [-0.39, 0.29) is 5.56 Å². The molecule has 26 heavy (non-hydrogen) atoms. The van der Waals surface area contributed by atoms with Gasteiger partial charge in [0, 0.05) is 23.5 Å². The molecule has 0 aliphatic rings. The summed E-state index contributed by atoms with van der Waals surface area (Å²) in [6.45, 7) is 0. The molecule has 6 nitrogen and oxygen atoms in total. The van der Waals surface area contributed by atoms with E-state index >= 15 is 0 Å². The van der Waals surface area contributed by atoms with Crippen LogP contribution in [0.2, 0.25) is 0 Å². The molecule has 2 heterocycles. The number of hydrogen-bond donors (Lipinski definition) is 1. The number of carbonyl (C=O) groups is 1. The van der Waals surface area contributed by atoms with E-state index in [1.807, 2.05) is 22.7 Å². The number of carboxylic acid groups (broad SMARTS) is 1. The molecule has 0 unspecified atom stereocenters. The van der Waals surface area contributed by atoms with Gasteiger partial charge >= 0.3 is 5.97 Å². The molecule has 0 aliphatic carbocycles. The first-order valence-corrected chi connectivity index (χ1v) is 7.83. The van der Waals surface area contributed by atoms with Crippen LogP contribution >= 0.6 is 0 Å². The van der Waals surface area contributed by atoms with Crippen molar-refractivity contribution in [2.45, 2.75) is 0 Å². The quantitative estimate of drug-likeness (QED) is 0.615. The summed E-state index contributed by atoms with van der Waals surface area (Å²) in [7, 11) is 0. The van der Waals surface area contributed by atoms with Crippen LogP contribution in [-0.2, 0) is 0 Å². The summed E-state index contributed by atoms with van der Waals surface area (Å²) < 4.78 is 1.88. The van der Waals surface area contributed by atoms with E-state index in [0.29, 0.717) is 11.3 Å². The van der Waals surface area contributed by atoms with Crippen LogP contribution in [0.5, 0.6) is 0 Å². The molecule has 4 aromatic rings. The van der Waals surface area contributed by atoms with Gasteiger partial charge in [-0.3, -0.25) is 4.40 Å². The van der Waals surface area contributed by atoms with Crippen molar-refractivity contribution < 1.29 is 9.90 Å². The number of carboxylic acids is 1. The lowest BCUT2D eigenvalue weighted by atomic mass is 10.1. The molecule has 6 heteroatoms. The van der Waals surface area contributed by atoms with Crippen molar-refractivity contribution in [2.75, 3.05) is 0 Å². The second-order valence-electron chi connectivity index (χ2n) is 5.73. The molecule has 0 bridgehead atoms. The van der Waals surface area contributed by atoms with Crippen LogP contribution in [0.15, 0.2) is 67.1 Å². The fourth-order valence-corrected chi connectivity index (χ4v) is 2.76. The van der Waals surface area contributed by atoms with Crippen LogP contribution in [-0.4, -0.2) is 25.4 Å².